The van der Waals surface area contributed by atoms with Gasteiger partial charge in [-0.2, -0.15) is 0 Å². The van der Waals surface area contributed by atoms with E-state index in [0.29, 0.717) is 0 Å². The van der Waals surface area contributed by atoms with Crippen molar-refractivity contribution in [3.05, 3.63) is 11.3 Å². The maximum Gasteiger partial charge on any atom is 0.234 e. The molecule has 0 bridgehead atoms. The van der Waals surface area contributed by atoms with Gasteiger partial charge in [0.2, 0.25) is 5.88 Å². The summed E-state index contributed by atoms with van der Waals surface area (Å²) in [6, 6.07) is 0. The van der Waals surface area contributed by atoms with Crippen molar-refractivity contribution in [3.63, 3.8) is 0 Å². The molecule has 0 saturated heterocycles. The van der Waals surface area contributed by atoms with Gasteiger partial charge in [-0.25, -0.2) is 0 Å². The Bertz CT molecular complexity index is 307. The number of aryl methyl sites for hydroxylation is 1. The Balaban J connectivity index is 3.29. The summed E-state index contributed by atoms with van der Waals surface area (Å²) in [5.41, 5.74) is 1.98. The van der Waals surface area contributed by atoms with E-state index in [4.69, 9.17) is 0 Å². The minimum absolute atomic E-state index is 0.0401. The Kier molecular flexibility index (Phi) is 2.37. The van der Waals surface area contributed by atoms with Gasteiger partial charge >= 0.3 is 0 Å². The van der Waals surface area contributed by atoms with Crippen LogP contribution in [0.25, 0.3) is 0 Å². The standard InChI is InChI=1S/C10H18N2O/c1-6-12-7(2)8(9(13)11-12)10(3,4)5/h6H2,1-5H3,(H,11,13). The second-order valence-corrected chi connectivity index (χ2v) is 4.35. The number of hydrogen-bond donors (Lipinski definition) is 1. The van der Waals surface area contributed by atoms with Crippen molar-refractivity contribution in [1.29, 1.82) is 0 Å². The van der Waals surface area contributed by atoms with E-state index >= 15 is 0 Å². The summed E-state index contributed by atoms with van der Waals surface area (Å²) in [5, 5.41) is 13.7. The topological polar surface area (TPSA) is 38.0 Å². The van der Waals surface area contributed by atoms with E-state index in [9.17, 15) is 5.11 Å². The highest BCUT2D eigenvalue weighted by molar-refractivity contribution is 5.35. The summed E-state index contributed by atoms with van der Waals surface area (Å²) < 4.78 is 1.83. The summed E-state index contributed by atoms with van der Waals surface area (Å²) in [5.74, 6) is 0.173. The molecule has 1 aromatic rings. The lowest BCUT2D eigenvalue weighted by Crippen LogP contribution is -2.12. The fraction of sp³-hybridized carbons (Fsp3) is 0.700. The lowest BCUT2D eigenvalue weighted by atomic mass is 9.87. The molecule has 0 atom stereocenters. The summed E-state index contributed by atoms with van der Waals surface area (Å²) >= 11 is 0. The van der Waals surface area contributed by atoms with Gasteiger partial charge < -0.3 is 5.11 Å². The molecule has 0 spiro atoms. The molecule has 0 saturated carbocycles. The Labute approximate surface area is 79.4 Å². The van der Waals surface area contributed by atoms with E-state index in [2.05, 4.69) is 25.9 Å². The van der Waals surface area contributed by atoms with Gasteiger partial charge in [0.25, 0.3) is 0 Å². The minimum atomic E-state index is -0.0401. The van der Waals surface area contributed by atoms with Crippen molar-refractivity contribution in [2.45, 2.75) is 46.6 Å². The van der Waals surface area contributed by atoms with Gasteiger partial charge in [0, 0.05) is 17.8 Å². The number of nitrogens with zero attached hydrogens (tertiary/aromatic N) is 2. The largest absolute Gasteiger partial charge is 0.492 e. The average molecular weight is 182 g/mol. The quantitative estimate of drug-likeness (QED) is 0.723. The molecule has 0 fully saturated rings. The highest BCUT2D eigenvalue weighted by Crippen LogP contribution is 2.32. The Morgan fingerprint density at radius 3 is 2.15 bits per heavy atom. The number of hydrogen-bond acceptors (Lipinski definition) is 2. The van der Waals surface area contributed by atoms with Crippen LogP contribution < -0.4 is 0 Å². The molecule has 0 unspecified atom stereocenters. The van der Waals surface area contributed by atoms with Crippen molar-refractivity contribution in [2.24, 2.45) is 0 Å². The lowest BCUT2D eigenvalue weighted by molar-refractivity contribution is 0.422. The minimum Gasteiger partial charge on any atom is -0.492 e. The average Bonchev–Trinajstić information content (AvgIpc) is 2.24. The van der Waals surface area contributed by atoms with Crippen molar-refractivity contribution >= 4 is 0 Å². The normalized spacial score (nSPS) is 12.1. The van der Waals surface area contributed by atoms with Crippen LogP contribution in [0.2, 0.25) is 0 Å². The van der Waals surface area contributed by atoms with Gasteiger partial charge in [0.05, 0.1) is 0 Å². The molecule has 1 aromatic heterocycles. The molecule has 0 amide bonds. The molecule has 0 aliphatic carbocycles. The molecular formula is C10H18N2O. The lowest BCUT2D eigenvalue weighted by Gasteiger charge is -2.18. The summed E-state index contributed by atoms with van der Waals surface area (Å²) in [6.07, 6.45) is 0. The van der Waals surface area contributed by atoms with Crippen LogP contribution in [-0.4, -0.2) is 14.9 Å². The van der Waals surface area contributed by atoms with E-state index in [0.717, 1.165) is 17.8 Å². The molecule has 74 valence electrons. The molecule has 1 rings (SSSR count). The van der Waals surface area contributed by atoms with Crippen molar-refractivity contribution in [2.75, 3.05) is 0 Å². The number of aromatic hydroxyl groups is 1. The third-order valence-electron chi connectivity index (χ3n) is 2.24. The Morgan fingerprint density at radius 2 is 1.92 bits per heavy atom. The summed E-state index contributed by atoms with van der Waals surface area (Å²) in [7, 11) is 0. The first-order valence-electron chi connectivity index (χ1n) is 4.64. The molecule has 1 heterocycles. The SMILES string of the molecule is CCn1nc(O)c(C(C)(C)C)c1C. The molecule has 0 aliphatic heterocycles. The van der Waals surface area contributed by atoms with E-state index in [1.807, 2.05) is 18.5 Å². The monoisotopic (exact) mass is 182 g/mol. The summed E-state index contributed by atoms with van der Waals surface area (Å²) in [6.45, 7) is 11.1. The van der Waals surface area contributed by atoms with Gasteiger partial charge in [0.15, 0.2) is 0 Å². The maximum atomic E-state index is 9.65. The molecule has 1 N–H and O–H groups in total. The zero-order valence-corrected chi connectivity index (χ0v) is 9.05. The molecule has 0 aromatic carbocycles. The first-order valence-corrected chi connectivity index (χ1v) is 4.64. The summed E-state index contributed by atoms with van der Waals surface area (Å²) in [4.78, 5) is 0. The number of aromatic nitrogens is 2. The third kappa shape index (κ3) is 1.69. The first kappa shape index (κ1) is 10.1. The van der Waals surface area contributed by atoms with Crippen LogP contribution in [0.1, 0.15) is 39.0 Å². The van der Waals surface area contributed by atoms with Crippen molar-refractivity contribution in [3.8, 4) is 5.88 Å². The van der Waals surface area contributed by atoms with Crippen LogP contribution in [0.15, 0.2) is 0 Å². The van der Waals surface area contributed by atoms with E-state index < -0.39 is 0 Å². The highest BCUT2D eigenvalue weighted by Gasteiger charge is 2.24. The van der Waals surface area contributed by atoms with Crippen LogP contribution >= 0.6 is 0 Å². The number of rotatable bonds is 1. The van der Waals surface area contributed by atoms with Gasteiger partial charge in [-0.05, 0) is 19.3 Å². The molecule has 13 heavy (non-hydrogen) atoms. The van der Waals surface area contributed by atoms with Crippen LogP contribution in [0.3, 0.4) is 0 Å². The molecule has 0 radical (unpaired) electrons. The fourth-order valence-corrected chi connectivity index (χ4v) is 1.72. The van der Waals surface area contributed by atoms with Crippen molar-refractivity contribution < 1.29 is 5.11 Å². The zero-order chi connectivity index (χ0) is 10.2. The molecular weight excluding hydrogens is 164 g/mol. The predicted octanol–water partition coefficient (Wildman–Crippen LogP) is 2.21. The third-order valence-corrected chi connectivity index (χ3v) is 2.24. The second-order valence-electron chi connectivity index (χ2n) is 4.35. The maximum absolute atomic E-state index is 9.65. The van der Waals surface area contributed by atoms with Crippen LogP contribution in [-0.2, 0) is 12.0 Å². The van der Waals surface area contributed by atoms with Crippen LogP contribution in [0.4, 0.5) is 0 Å². The Morgan fingerprint density at radius 1 is 1.38 bits per heavy atom. The predicted molar refractivity (Wildman–Crippen MR) is 53.0 cm³/mol. The fourth-order valence-electron chi connectivity index (χ4n) is 1.72. The van der Waals surface area contributed by atoms with Crippen molar-refractivity contribution in [1.82, 2.24) is 9.78 Å². The van der Waals surface area contributed by atoms with Gasteiger partial charge in [-0.1, -0.05) is 20.8 Å². The highest BCUT2D eigenvalue weighted by atomic mass is 16.3. The van der Waals surface area contributed by atoms with Gasteiger partial charge in [-0.3, -0.25) is 4.68 Å². The molecule has 0 aliphatic rings. The first-order chi connectivity index (χ1) is 5.88. The van der Waals surface area contributed by atoms with E-state index in [-0.39, 0.29) is 11.3 Å². The van der Waals surface area contributed by atoms with Crippen LogP contribution in [0.5, 0.6) is 5.88 Å². The molecule has 3 heteroatoms. The molecule has 3 nitrogen and oxygen atoms in total. The van der Waals surface area contributed by atoms with E-state index in [1.165, 1.54) is 0 Å². The van der Waals surface area contributed by atoms with Gasteiger partial charge in [-0.15, -0.1) is 5.10 Å². The second kappa shape index (κ2) is 3.05. The van der Waals surface area contributed by atoms with E-state index in [1.54, 1.807) is 0 Å². The zero-order valence-electron chi connectivity index (χ0n) is 9.05. The van der Waals surface area contributed by atoms with Gasteiger partial charge in [0.1, 0.15) is 0 Å². The Hall–Kier alpha value is -0.990. The smallest absolute Gasteiger partial charge is 0.234 e. The van der Waals surface area contributed by atoms with Crippen LogP contribution in [0, 0.1) is 6.92 Å².